The largest absolute Gasteiger partial charge is 0.487 e. The summed E-state index contributed by atoms with van der Waals surface area (Å²) < 4.78 is 44.1. The molecule has 3 heterocycles. The highest BCUT2D eigenvalue weighted by atomic mass is 35.5. The monoisotopic (exact) mass is 482 g/mol. The van der Waals surface area contributed by atoms with Gasteiger partial charge in [0.15, 0.2) is 0 Å². The number of halogens is 4. The number of nitrogens with zero attached hydrogens (tertiary/aromatic N) is 4. The number of pyridine rings is 1. The number of carbonyl (C=O) groups excluding carboxylic acids is 1. The molecule has 3 aromatic rings. The lowest BCUT2D eigenvalue weighted by atomic mass is 10.1. The van der Waals surface area contributed by atoms with Crippen LogP contribution < -0.4 is 9.64 Å². The molecule has 11 heteroatoms. The number of ether oxygens (including phenoxy) is 1. The molecule has 0 unspecified atom stereocenters. The van der Waals surface area contributed by atoms with E-state index in [4.69, 9.17) is 16.3 Å². The van der Waals surface area contributed by atoms with Crippen molar-refractivity contribution in [2.45, 2.75) is 12.8 Å². The minimum atomic E-state index is -4.50. The summed E-state index contributed by atoms with van der Waals surface area (Å²) in [5.41, 5.74) is 2.22. The number of hydrogen-bond acceptors (Lipinski definition) is 6. The molecule has 0 bridgehead atoms. The lowest BCUT2D eigenvalue weighted by Crippen LogP contribution is -2.49. The minimum absolute atomic E-state index is 0.0622. The first-order valence-corrected chi connectivity index (χ1v) is 11.0. The topological polar surface area (TPSA) is 58.6 Å². The van der Waals surface area contributed by atoms with Crippen molar-refractivity contribution >= 4 is 34.7 Å². The molecule has 1 aliphatic rings. The predicted octanol–water partition coefficient (Wildman–Crippen LogP) is 4.75. The Morgan fingerprint density at radius 1 is 1.12 bits per heavy atom. The summed E-state index contributed by atoms with van der Waals surface area (Å²) in [6.07, 6.45) is -3.72. The van der Waals surface area contributed by atoms with Crippen molar-refractivity contribution in [1.29, 1.82) is 0 Å². The van der Waals surface area contributed by atoms with Crippen LogP contribution in [0.3, 0.4) is 0 Å². The van der Waals surface area contributed by atoms with Crippen molar-refractivity contribution in [3.63, 3.8) is 0 Å². The minimum Gasteiger partial charge on any atom is -0.487 e. The summed E-state index contributed by atoms with van der Waals surface area (Å²) in [7, 11) is 0. The summed E-state index contributed by atoms with van der Waals surface area (Å²) in [4.78, 5) is 24.3. The second kappa shape index (κ2) is 9.33. The van der Waals surface area contributed by atoms with Crippen molar-refractivity contribution in [2.24, 2.45) is 0 Å². The Kier molecular flexibility index (Phi) is 6.52. The van der Waals surface area contributed by atoms with Gasteiger partial charge in [-0.15, -0.1) is 11.3 Å². The number of anilines is 1. The van der Waals surface area contributed by atoms with Gasteiger partial charge in [0.2, 0.25) is 0 Å². The van der Waals surface area contributed by atoms with Crippen molar-refractivity contribution in [3.05, 3.63) is 69.3 Å². The van der Waals surface area contributed by atoms with E-state index < -0.39 is 11.7 Å². The van der Waals surface area contributed by atoms with Crippen molar-refractivity contribution in [1.82, 2.24) is 14.9 Å². The van der Waals surface area contributed by atoms with Crippen LogP contribution in [-0.2, 0) is 12.8 Å². The Labute approximate surface area is 191 Å². The molecule has 168 valence electrons. The first-order valence-electron chi connectivity index (χ1n) is 9.68. The average molecular weight is 483 g/mol. The Hall–Kier alpha value is -2.85. The zero-order valence-electron chi connectivity index (χ0n) is 16.7. The van der Waals surface area contributed by atoms with Gasteiger partial charge in [0.1, 0.15) is 18.2 Å². The van der Waals surface area contributed by atoms with Gasteiger partial charge in [-0.3, -0.25) is 4.79 Å². The Balaban J connectivity index is 1.33. The number of amides is 1. The molecule has 0 N–H and O–H groups in total. The van der Waals surface area contributed by atoms with Crippen LogP contribution in [-0.4, -0.2) is 47.0 Å². The number of aromatic nitrogens is 2. The third-order valence-electron chi connectivity index (χ3n) is 4.99. The van der Waals surface area contributed by atoms with Crippen molar-refractivity contribution in [3.8, 4) is 5.75 Å². The van der Waals surface area contributed by atoms with Crippen LogP contribution in [0.4, 0.5) is 19.0 Å². The molecule has 1 fully saturated rings. The van der Waals surface area contributed by atoms with Crippen molar-refractivity contribution < 1.29 is 22.7 Å². The second-order valence-electron chi connectivity index (χ2n) is 7.10. The van der Waals surface area contributed by atoms with E-state index in [2.05, 4.69) is 9.97 Å². The summed E-state index contributed by atoms with van der Waals surface area (Å²) in [6, 6.07) is 7.77. The van der Waals surface area contributed by atoms with Crippen LogP contribution >= 0.6 is 22.9 Å². The van der Waals surface area contributed by atoms with Gasteiger partial charge in [0, 0.05) is 43.3 Å². The maximum Gasteiger partial charge on any atom is 0.417 e. The highest BCUT2D eigenvalue weighted by Crippen LogP contribution is 2.33. The molecule has 1 amide bonds. The summed E-state index contributed by atoms with van der Waals surface area (Å²) >= 11 is 7.53. The molecule has 1 aliphatic heterocycles. The first kappa shape index (κ1) is 22.3. The van der Waals surface area contributed by atoms with Gasteiger partial charge in [-0.1, -0.05) is 11.6 Å². The normalized spacial score (nSPS) is 14.5. The van der Waals surface area contributed by atoms with E-state index in [1.54, 1.807) is 39.6 Å². The van der Waals surface area contributed by atoms with Gasteiger partial charge in [0.25, 0.3) is 5.91 Å². The molecule has 2 aromatic heterocycles. The average Bonchev–Trinajstić information content (AvgIpc) is 3.31. The summed E-state index contributed by atoms with van der Waals surface area (Å²) in [5.74, 6) is 0.804. The molecule has 0 spiro atoms. The van der Waals surface area contributed by atoms with Crippen LogP contribution in [0.15, 0.2) is 47.4 Å². The maximum atomic E-state index is 12.8. The van der Waals surface area contributed by atoms with Crippen LogP contribution in [0.25, 0.3) is 0 Å². The molecule has 0 aliphatic carbocycles. The van der Waals surface area contributed by atoms with Gasteiger partial charge >= 0.3 is 6.18 Å². The van der Waals surface area contributed by atoms with E-state index in [-0.39, 0.29) is 16.7 Å². The molecule has 0 radical (unpaired) electrons. The van der Waals surface area contributed by atoms with E-state index in [1.807, 2.05) is 5.38 Å². The second-order valence-corrected chi connectivity index (χ2v) is 8.23. The van der Waals surface area contributed by atoms with Gasteiger partial charge < -0.3 is 14.5 Å². The van der Waals surface area contributed by atoms with Crippen LogP contribution in [0.5, 0.6) is 5.75 Å². The summed E-state index contributed by atoms with van der Waals surface area (Å²) in [5, 5.41) is 1.85. The SMILES string of the molecule is O=C(c1ccc(OCc2cscn2)cc1)N1CCN(c2ncc(C(F)(F)F)cc2Cl)CC1. The first-order chi connectivity index (χ1) is 15.3. The zero-order chi connectivity index (χ0) is 22.7. The number of alkyl halides is 3. The molecule has 1 saturated heterocycles. The molecular weight excluding hydrogens is 465 g/mol. The van der Waals surface area contributed by atoms with Crippen molar-refractivity contribution in [2.75, 3.05) is 31.1 Å². The zero-order valence-corrected chi connectivity index (χ0v) is 18.3. The molecule has 0 saturated carbocycles. The Morgan fingerprint density at radius 2 is 1.84 bits per heavy atom. The molecule has 4 rings (SSSR count). The number of thiazole rings is 1. The van der Waals surface area contributed by atoms with Crippen LogP contribution in [0, 0.1) is 0 Å². The van der Waals surface area contributed by atoms with E-state index in [0.29, 0.717) is 44.1 Å². The van der Waals surface area contributed by atoms with Crippen LogP contribution in [0.2, 0.25) is 5.02 Å². The Morgan fingerprint density at radius 3 is 2.44 bits per heavy atom. The Bertz CT molecular complexity index is 1070. The molecule has 0 atom stereocenters. The smallest absolute Gasteiger partial charge is 0.417 e. The highest BCUT2D eigenvalue weighted by molar-refractivity contribution is 7.07. The molecule has 6 nitrogen and oxygen atoms in total. The predicted molar refractivity (Wildman–Crippen MR) is 115 cm³/mol. The number of benzene rings is 1. The third-order valence-corrected chi connectivity index (χ3v) is 5.90. The quantitative estimate of drug-likeness (QED) is 0.525. The third kappa shape index (κ3) is 5.13. The standard InChI is InChI=1S/C21H18ClF3N4O2S/c22-18-9-15(21(23,24)25)10-26-19(18)28-5-7-29(8-6-28)20(30)14-1-3-17(4-2-14)31-11-16-12-32-13-27-16/h1-4,9-10,12-13H,5-8,11H2. The number of piperazine rings is 1. The number of rotatable bonds is 5. The van der Waals surface area contributed by atoms with Gasteiger partial charge in [-0.2, -0.15) is 13.2 Å². The lowest BCUT2D eigenvalue weighted by molar-refractivity contribution is -0.137. The van der Waals surface area contributed by atoms with Gasteiger partial charge in [-0.05, 0) is 30.3 Å². The van der Waals surface area contributed by atoms with Crippen LogP contribution in [0.1, 0.15) is 21.6 Å². The lowest BCUT2D eigenvalue weighted by Gasteiger charge is -2.35. The molecule has 1 aromatic carbocycles. The fourth-order valence-electron chi connectivity index (χ4n) is 3.28. The molecule has 32 heavy (non-hydrogen) atoms. The molecular formula is C21H18ClF3N4O2S. The maximum absolute atomic E-state index is 12.8. The van der Waals surface area contributed by atoms with E-state index >= 15 is 0 Å². The highest BCUT2D eigenvalue weighted by Gasteiger charge is 2.32. The van der Waals surface area contributed by atoms with Gasteiger partial charge in [-0.25, -0.2) is 9.97 Å². The van der Waals surface area contributed by atoms with E-state index in [1.165, 1.54) is 11.3 Å². The van der Waals surface area contributed by atoms with E-state index in [9.17, 15) is 18.0 Å². The number of hydrogen-bond donors (Lipinski definition) is 0. The van der Waals surface area contributed by atoms with Gasteiger partial charge in [0.05, 0.1) is 21.8 Å². The fourth-order valence-corrected chi connectivity index (χ4v) is 4.11. The van der Waals surface area contributed by atoms with E-state index in [0.717, 1.165) is 18.0 Å². The number of carbonyl (C=O) groups is 1. The fraction of sp³-hybridized carbons (Fsp3) is 0.286. The summed E-state index contributed by atoms with van der Waals surface area (Å²) in [6.45, 7) is 2.00.